The van der Waals surface area contributed by atoms with Crippen molar-refractivity contribution in [3.8, 4) is 11.5 Å². The minimum absolute atomic E-state index is 0.210. The van der Waals surface area contributed by atoms with E-state index >= 15 is 0 Å². The van der Waals surface area contributed by atoms with Crippen molar-refractivity contribution >= 4 is 5.82 Å². The Labute approximate surface area is 72.0 Å². The summed E-state index contributed by atoms with van der Waals surface area (Å²) in [6.07, 6.45) is 2.84. The highest BCUT2D eigenvalue weighted by atomic mass is 16.6. The molecule has 0 aromatic carbocycles. The summed E-state index contributed by atoms with van der Waals surface area (Å²) in [5.41, 5.74) is 0.549. The predicted molar refractivity (Wildman–Crippen MR) is 42.8 cm³/mol. The molecule has 0 aliphatic heterocycles. The van der Waals surface area contributed by atoms with Crippen LogP contribution in [0.5, 0.6) is 0 Å². The molecule has 0 bridgehead atoms. The van der Waals surface area contributed by atoms with Crippen molar-refractivity contribution in [2.24, 2.45) is 0 Å². The zero-order valence-corrected chi connectivity index (χ0v) is 6.39. The van der Waals surface area contributed by atoms with Gasteiger partial charge in [0.25, 0.3) is 5.82 Å². The molecule has 0 unspecified atom stereocenters. The van der Waals surface area contributed by atoms with Crippen LogP contribution in [0.2, 0.25) is 0 Å². The van der Waals surface area contributed by atoms with Gasteiger partial charge in [0.1, 0.15) is 6.20 Å². The van der Waals surface area contributed by atoms with Crippen LogP contribution in [0.1, 0.15) is 0 Å². The highest BCUT2D eigenvalue weighted by Gasteiger charge is 2.15. The first-order valence-electron chi connectivity index (χ1n) is 3.47. The van der Waals surface area contributed by atoms with E-state index in [-0.39, 0.29) is 5.82 Å². The molecule has 2 heterocycles. The Hall–Kier alpha value is -2.18. The molecule has 2 aromatic rings. The fourth-order valence-corrected chi connectivity index (χ4v) is 0.929. The molecule has 2 N–H and O–H groups in total. The van der Waals surface area contributed by atoms with Gasteiger partial charge in [-0.3, -0.25) is 5.10 Å². The summed E-state index contributed by atoms with van der Waals surface area (Å²) < 4.78 is 0. The van der Waals surface area contributed by atoms with Gasteiger partial charge in [0.2, 0.25) is 0 Å². The van der Waals surface area contributed by atoms with Gasteiger partial charge in [-0.1, -0.05) is 0 Å². The molecule has 13 heavy (non-hydrogen) atoms. The van der Waals surface area contributed by atoms with E-state index < -0.39 is 4.92 Å². The Bertz CT molecular complexity index is 418. The molecule has 0 aliphatic carbocycles. The summed E-state index contributed by atoms with van der Waals surface area (Å²) in [7, 11) is 0. The van der Waals surface area contributed by atoms with Gasteiger partial charge in [-0.2, -0.15) is 5.10 Å². The SMILES string of the molecule is O=[N+]([O-])c1c[nH]c(-c2cc[nH]n2)n1. The van der Waals surface area contributed by atoms with E-state index in [0.29, 0.717) is 11.5 Å². The van der Waals surface area contributed by atoms with Crippen LogP contribution in [0.25, 0.3) is 11.5 Å². The number of imidazole rings is 1. The average Bonchev–Trinajstić information content (AvgIpc) is 2.75. The number of H-pyrrole nitrogens is 2. The fraction of sp³-hybridized carbons (Fsp3) is 0. The van der Waals surface area contributed by atoms with Crippen LogP contribution in [0.4, 0.5) is 5.82 Å². The second kappa shape index (κ2) is 2.70. The Morgan fingerprint density at radius 3 is 2.92 bits per heavy atom. The van der Waals surface area contributed by atoms with Gasteiger partial charge < -0.3 is 15.1 Å². The number of nitro groups is 1. The minimum Gasteiger partial charge on any atom is -0.358 e. The highest BCUT2D eigenvalue weighted by Crippen LogP contribution is 2.14. The van der Waals surface area contributed by atoms with Gasteiger partial charge in [-0.15, -0.1) is 0 Å². The van der Waals surface area contributed by atoms with Crippen LogP contribution >= 0.6 is 0 Å². The van der Waals surface area contributed by atoms with E-state index in [4.69, 9.17) is 0 Å². The summed E-state index contributed by atoms with van der Waals surface area (Å²) >= 11 is 0. The Kier molecular flexibility index (Phi) is 1.55. The van der Waals surface area contributed by atoms with Crippen molar-refractivity contribution in [3.05, 3.63) is 28.6 Å². The summed E-state index contributed by atoms with van der Waals surface area (Å²) in [5.74, 6) is 0.172. The van der Waals surface area contributed by atoms with Gasteiger partial charge in [0.05, 0.1) is 0 Å². The number of hydrogen-bond donors (Lipinski definition) is 2. The summed E-state index contributed by atoms with van der Waals surface area (Å²) in [5, 5.41) is 16.7. The van der Waals surface area contributed by atoms with E-state index in [9.17, 15) is 10.1 Å². The number of rotatable bonds is 2. The quantitative estimate of drug-likeness (QED) is 0.523. The number of aromatic nitrogens is 4. The van der Waals surface area contributed by atoms with Crippen molar-refractivity contribution in [2.75, 3.05) is 0 Å². The van der Waals surface area contributed by atoms with Crippen molar-refractivity contribution in [3.63, 3.8) is 0 Å². The van der Waals surface area contributed by atoms with E-state index in [1.807, 2.05) is 0 Å². The van der Waals surface area contributed by atoms with E-state index in [1.54, 1.807) is 12.3 Å². The molecule has 7 nitrogen and oxygen atoms in total. The molecule has 0 spiro atoms. The Morgan fingerprint density at radius 2 is 2.38 bits per heavy atom. The van der Waals surface area contributed by atoms with Gasteiger partial charge in [0, 0.05) is 6.20 Å². The van der Waals surface area contributed by atoms with Gasteiger partial charge >= 0.3 is 5.82 Å². The molecular weight excluding hydrogens is 174 g/mol. The maximum atomic E-state index is 10.3. The molecule has 2 rings (SSSR count). The topological polar surface area (TPSA) is 100 Å². The molecule has 0 radical (unpaired) electrons. The maximum absolute atomic E-state index is 10.3. The molecule has 0 aliphatic rings. The van der Waals surface area contributed by atoms with Gasteiger partial charge in [-0.05, 0) is 16.0 Å². The van der Waals surface area contributed by atoms with Crippen LogP contribution in [-0.2, 0) is 0 Å². The van der Waals surface area contributed by atoms with Crippen LogP contribution in [0.15, 0.2) is 18.5 Å². The first-order valence-corrected chi connectivity index (χ1v) is 3.47. The second-order valence-electron chi connectivity index (χ2n) is 2.32. The number of nitrogens with zero attached hydrogens (tertiary/aromatic N) is 3. The lowest BCUT2D eigenvalue weighted by molar-refractivity contribution is -0.389. The molecular formula is C6H5N5O2. The van der Waals surface area contributed by atoms with Crippen LogP contribution in [-0.4, -0.2) is 25.1 Å². The normalized spacial score (nSPS) is 10.2. The summed E-state index contributed by atoms with van der Waals surface area (Å²) in [6.45, 7) is 0. The summed E-state index contributed by atoms with van der Waals surface area (Å²) in [4.78, 5) is 16.1. The lowest BCUT2D eigenvalue weighted by atomic mass is 10.4. The third-order valence-corrected chi connectivity index (χ3v) is 1.49. The predicted octanol–water partition coefficient (Wildman–Crippen LogP) is 0.708. The monoisotopic (exact) mass is 179 g/mol. The molecule has 66 valence electrons. The highest BCUT2D eigenvalue weighted by molar-refractivity contribution is 5.49. The van der Waals surface area contributed by atoms with Gasteiger partial charge in [0.15, 0.2) is 5.69 Å². The van der Waals surface area contributed by atoms with Crippen molar-refractivity contribution in [2.45, 2.75) is 0 Å². The number of nitrogens with one attached hydrogen (secondary N) is 2. The molecule has 2 aromatic heterocycles. The van der Waals surface area contributed by atoms with Crippen LogP contribution in [0, 0.1) is 10.1 Å². The summed E-state index contributed by atoms with van der Waals surface area (Å²) in [6, 6.07) is 1.67. The van der Waals surface area contributed by atoms with E-state index in [1.165, 1.54) is 6.20 Å². The van der Waals surface area contributed by atoms with Crippen molar-refractivity contribution in [1.82, 2.24) is 20.2 Å². The Balaban J connectivity index is 2.39. The minimum atomic E-state index is -0.563. The van der Waals surface area contributed by atoms with Crippen LogP contribution in [0.3, 0.4) is 0 Å². The first kappa shape index (κ1) is 7.47. The van der Waals surface area contributed by atoms with Crippen LogP contribution < -0.4 is 0 Å². The molecule has 0 amide bonds. The standard InChI is InChI=1S/C6H5N5O2/c12-11(13)5-3-7-6(9-5)4-1-2-8-10-4/h1-3H,(H,7,9)(H,8,10). The van der Waals surface area contributed by atoms with Crippen molar-refractivity contribution < 1.29 is 4.92 Å². The largest absolute Gasteiger partial charge is 0.382 e. The Morgan fingerprint density at radius 1 is 1.54 bits per heavy atom. The number of hydrogen-bond acceptors (Lipinski definition) is 4. The average molecular weight is 179 g/mol. The van der Waals surface area contributed by atoms with Crippen molar-refractivity contribution in [1.29, 1.82) is 0 Å². The third kappa shape index (κ3) is 1.26. The lowest BCUT2D eigenvalue weighted by Gasteiger charge is -1.82. The second-order valence-corrected chi connectivity index (χ2v) is 2.32. The lowest BCUT2D eigenvalue weighted by Crippen LogP contribution is -1.87. The molecule has 0 saturated carbocycles. The van der Waals surface area contributed by atoms with E-state index in [2.05, 4.69) is 20.2 Å². The smallest absolute Gasteiger partial charge is 0.358 e. The molecule has 7 heteroatoms. The third-order valence-electron chi connectivity index (χ3n) is 1.49. The maximum Gasteiger partial charge on any atom is 0.382 e. The van der Waals surface area contributed by atoms with E-state index in [0.717, 1.165) is 0 Å². The first-order chi connectivity index (χ1) is 6.27. The molecule has 0 fully saturated rings. The molecule has 0 atom stereocenters. The number of aromatic amines is 2. The van der Waals surface area contributed by atoms with Gasteiger partial charge in [-0.25, -0.2) is 0 Å². The zero-order chi connectivity index (χ0) is 9.26. The zero-order valence-electron chi connectivity index (χ0n) is 6.39. The fourth-order valence-electron chi connectivity index (χ4n) is 0.929. The molecule has 0 saturated heterocycles.